The number of hydrogen-bond acceptors (Lipinski definition) is 1. The van der Waals surface area contributed by atoms with Crippen LogP contribution in [0.4, 0.5) is 5.69 Å². The van der Waals surface area contributed by atoms with Crippen molar-refractivity contribution in [2.45, 2.75) is 13.8 Å². The van der Waals surface area contributed by atoms with Crippen molar-refractivity contribution < 1.29 is 0 Å². The first kappa shape index (κ1) is 8.85. The SMILES string of the molecule is C=C(C)c1ccc(C)cc1NC. The molecule has 0 aliphatic carbocycles. The summed E-state index contributed by atoms with van der Waals surface area (Å²) in [6, 6.07) is 6.33. The number of nitrogens with one attached hydrogen (secondary N) is 1. The summed E-state index contributed by atoms with van der Waals surface area (Å²) in [6.07, 6.45) is 0. The summed E-state index contributed by atoms with van der Waals surface area (Å²) in [5.41, 5.74) is 4.72. The molecule has 1 nitrogen and oxygen atoms in total. The molecule has 0 heterocycles. The highest BCUT2D eigenvalue weighted by molar-refractivity contribution is 5.74. The number of hydrogen-bond donors (Lipinski definition) is 1. The Morgan fingerprint density at radius 2 is 2.08 bits per heavy atom. The molecule has 0 saturated heterocycles. The largest absolute Gasteiger partial charge is 0.388 e. The molecular weight excluding hydrogens is 146 g/mol. The summed E-state index contributed by atoms with van der Waals surface area (Å²) >= 11 is 0. The number of anilines is 1. The number of allylic oxidation sites excluding steroid dienone is 1. The van der Waals surface area contributed by atoms with Crippen LogP contribution in [0.5, 0.6) is 0 Å². The van der Waals surface area contributed by atoms with Gasteiger partial charge in [-0.1, -0.05) is 18.7 Å². The smallest absolute Gasteiger partial charge is 0.0416 e. The topological polar surface area (TPSA) is 12.0 Å². The van der Waals surface area contributed by atoms with Crippen LogP contribution in [0.15, 0.2) is 24.8 Å². The molecular formula is C11H15N. The first-order chi connectivity index (χ1) is 5.65. The Kier molecular flexibility index (Phi) is 2.54. The van der Waals surface area contributed by atoms with Gasteiger partial charge in [-0.15, -0.1) is 0 Å². The lowest BCUT2D eigenvalue weighted by atomic mass is 10.0. The maximum atomic E-state index is 3.92. The molecule has 0 amide bonds. The van der Waals surface area contributed by atoms with Crippen LogP contribution in [-0.2, 0) is 0 Å². The van der Waals surface area contributed by atoms with E-state index in [1.807, 2.05) is 14.0 Å². The van der Waals surface area contributed by atoms with Gasteiger partial charge >= 0.3 is 0 Å². The molecule has 0 aliphatic heterocycles. The van der Waals surface area contributed by atoms with Crippen molar-refractivity contribution >= 4 is 11.3 Å². The maximum Gasteiger partial charge on any atom is 0.0416 e. The van der Waals surface area contributed by atoms with Crippen LogP contribution in [0.25, 0.3) is 5.57 Å². The zero-order valence-corrected chi connectivity index (χ0v) is 7.94. The summed E-state index contributed by atoms with van der Waals surface area (Å²) in [5.74, 6) is 0. The van der Waals surface area contributed by atoms with Crippen molar-refractivity contribution in [3.05, 3.63) is 35.9 Å². The summed E-state index contributed by atoms with van der Waals surface area (Å²) in [5, 5.41) is 3.16. The summed E-state index contributed by atoms with van der Waals surface area (Å²) in [6.45, 7) is 8.03. The van der Waals surface area contributed by atoms with Crippen LogP contribution >= 0.6 is 0 Å². The average molecular weight is 161 g/mol. The van der Waals surface area contributed by atoms with Gasteiger partial charge in [0.15, 0.2) is 0 Å². The van der Waals surface area contributed by atoms with Gasteiger partial charge in [-0.25, -0.2) is 0 Å². The fourth-order valence-electron chi connectivity index (χ4n) is 1.24. The lowest BCUT2D eigenvalue weighted by Crippen LogP contribution is -1.93. The summed E-state index contributed by atoms with van der Waals surface area (Å²) in [7, 11) is 1.93. The van der Waals surface area contributed by atoms with Crippen molar-refractivity contribution in [2.24, 2.45) is 0 Å². The van der Waals surface area contributed by atoms with Crippen LogP contribution in [-0.4, -0.2) is 7.05 Å². The molecule has 1 aromatic carbocycles. The van der Waals surface area contributed by atoms with Gasteiger partial charge in [0, 0.05) is 12.7 Å². The van der Waals surface area contributed by atoms with Crippen LogP contribution < -0.4 is 5.32 Å². The predicted octanol–water partition coefficient (Wildman–Crippen LogP) is 3.07. The van der Waals surface area contributed by atoms with Crippen molar-refractivity contribution in [1.82, 2.24) is 0 Å². The predicted molar refractivity (Wildman–Crippen MR) is 55.4 cm³/mol. The van der Waals surface area contributed by atoms with Gasteiger partial charge in [-0.3, -0.25) is 0 Å². The average Bonchev–Trinajstić information content (AvgIpc) is 2.03. The van der Waals surface area contributed by atoms with Crippen LogP contribution in [0.1, 0.15) is 18.1 Å². The van der Waals surface area contributed by atoms with Gasteiger partial charge in [0.1, 0.15) is 0 Å². The zero-order valence-electron chi connectivity index (χ0n) is 7.94. The van der Waals surface area contributed by atoms with Gasteiger partial charge in [-0.05, 0) is 36.6 Å². The third-order valence-electron chi connectivity index (χ3n) is 1.90. The lowest BCUT2D eigenvalue weighted by molar-refractivity contribution is 1.40. The molecule has 0 aromatic heterocycles. The highest BCUT2D eigenvalue weighted by Crippen LogP contribution is 2.22. The number of rotatable bonds is 2. The van der Waals surface area contributed by atoms with Crippen LogP contribution in [0, 0.1) is 6.92 Å². The van der Waals surface area contributed by atoms with E-state index in [1.54, 1.807) is 0 Å². The van der Waals surface area contributed by atoms with E-state index >= 15 is 0 Å². The van der Waals surface area contributed by atoms with E-state index in [9.17, 15) is 0 Å². The van der Waals surface area contributed by atoms with E-state index in [4.69, 9.17) is 0 Å². The van der Waals surface area contributed by atoms with Gasteiger partial charge < -0.3 is 5.32 Å². The van der Waals surface area contributed by atoms with Gasteiger partial charge in [0.2, 0.25) is 0 Å². The first-order valence-electron chi connectivity index (χ1n) is 4.09. The molecule has 1 N–H and O–H groups in total. The number of aryl methyl sites for hydroxylation is 1. The third kappa shape index (κ3) is 1.67. The van der Waals surface area contributed by atoms with Crippen LogP contribution in [0.2, 0.25) is 0 Å². The minimum Gasteiger partial charge on any atom is -0.388 e. The highest BCUT2D eigenvalue weighted by Gasteiger charge is 2.00. The molecule has 0 saturated carbocycles. The quantitative estimate of drug-likeness (QED) is 0.703. The van der Waals surface area contributed by atoms with Crippen molar-refractivity contribution in [2.75, 3.05) is 12.4 Å². The zero-order chi connectivity index (χ0) is 9.14. The Labute approximate surface area is 74.1 Å². The molecule has 64 valence electrons. The molecule has 0 bridgehead atoms. The van der Waals surface area contributed by atoms with E-state index in [0.29, 0.717) is 0 Å². The molecule has 0 spiro atoms. The van der Waals surface area contributed by atoms with Gasteiger partial charge in [0.25, 0.3) is 0 Å². The van der Waals surface area contributed by atoms with Gasteiger partial charge in [0.05, 0.1) is 0 Å². The molecule has 0 radical (unpaired) electrons. The monoisotopic (exact) mass is 161 g/mol. The van der Waals surface area contributed by atoms with Crippen molar-refractivity contribution in [3.8, 4) is 0 Å². The Bertz CT molecular complexity index is 300. The van der Waals surface area contributed by atoms with E-state index in [-0.39, 0.29) is 0 Å². The fraction of sp³-hybridized carbons (Fsp3) is 0.273. The molecule has 12 heavy (non-hydrogen) atoms. The second-order valence-electron chi connectivity index (χ2n) is 3.08. The Hall–Kier alpha value is -1.24. The number of benzene rings is 1. The van der Waals surface area contributed by atoms with Gasteiger partial charge in [-0.2, -0.15) is 0 Å². The molecule has 0 atom stereocenters. The van der Waals surface area contributed by atoms with E-state index in [1.165, 1.54) is 11.1 Å². The summed E-state index contributed by atoms with van der Waals surface area (Å²) in [4.78, 5) is 0. The Balaban J connectivity index is 3.20. The van der Waals surface area contributed by atoms with E-state index in [2.05, 4.69) is 37.0 Å². The fourth-order valence-corrected chi connectivity index (χ4v) is 1.24. The van der Waals surface area contributed by atoms with E-state index < -0.39 is 0 Å². The molecule has 1 aromatic rings. The first-order valence-corrected chi connectivity index (χ1v) is 4.09. The normalized spacial score (nSPS) is 9.58. The molecule has 1 rings (SSSR count). The molecule has 0 fully saturated rings. The van der Waals surface area contributed by atoms with Crippen LogP contribution in [0.3, 0.4) is 0 Å². The second-order valence-corrected chi connectivity index (χ2v) is 3.08. The Morgan fingerprint density at radius 1 is 1.42 bits per heavy atom. The van der Waals surface area contributed by atoms with Crippen molar-refractivity contribution in [3.63, 3.8) is 0 Å². The minimum atomic E-state index is 1.10. The minimum absolute atomic E-state index is 1.10. The standard InChI is InChI=1S/C11H15N/c1-8(2)10-6-5-9(3)7-11(10)12-4/h5-7,12H,1H2,2-4H3. The molecule has 1 heteroatoms. The van der Waals surface area contributed by atoms with Crippen molar-refractivity contribution in [1.29, 1.82) is 0 Å². The van der Waals surface area contributed by atoms with E-state index in [0.717, 1.165) is 11.3 Å². The molecule has 0 aliphatic rings. The second kappa shape index (κ2) is 3.44. The maximum absolute atomic E-state index is 3.92. The Morgan fingerprint density at radius 3 is 2.58 bits per heavy atom. The molecule has 0 unspecified atom stereocenters. The lowest BCUT2D eigenvalue weighted by Gasteiger charge is -2.09. The summed E-state index contributed by atoms with van der Waals surface area (Å²) < 4.78 is 0. The highest BCUT2D eigenvalue weighted by atomic mass is 14.8. The third-order valence-corrected chi connectivity index (χ3v) is 1.90.